The van der Waals surface area contributed by atoms with Crippen molar-refractivity contribution in [1.29, 1.82) is 0 Å². The molecular weight excluding hydrogens is 243 g/mol. The van der Waals surface area contributed by atoms with E-state index < -0.39 is 23.1 Å². The van der Waals surface area contributed by atoms with Gasteiger partial charge in [0.05, 0.1) is 0 Å². The molecule has 0 aliphatic carbocycles. The van der Waals surface area contributed by atoms with E-state index in [1.165, 1.54) is 12.3 Å². The van der Waals surface area contributed by atoms with Crippen LogP contribution in [0.4, 0.5) is 30.4 Å². The van der Waals surface area contributed by atoms with Crippen molar-refractivity contribution in [3.8, 4) is 0 Å². The summed E-state index contributed by atoms with van der Waals surface area (Å²) in [6.07, 6.45) is 1.47. The van der Waals surface area contributed by atoms with Gasteiger partial charge < -0.3 is 11.1 Å². The van der Waals surface area contributed by atoms with E-state index in [0.29, 0.717) is 17.8 Å². The highest BCUT2D eigenvalue weighted by Gasteiger charge is 2.12. The van der Waals surface area contributed by atoms with Crippen molar-refractivity contribution >= 4 is 17.2 Å². The van der Waals surface area contributed by atoms with E-state index in [2.05, 4.69) is 10.3 Å². The van der Waals surface area contributed by atoms with Crippen molar-refractivity contribution in [2.24, 2.45) is 0 Å². The number of aryl methyl sites for hydroxylation is 1. The Morgan fingerprint density at radius 2 is 1.72 bits per heavy atom. The van der Waals surface area contributed by atoms with Crippen LogP contribution in [0.15, 0.2) is 24.4 Å². The van der Waals surface area contributed by atoms with E-state index in [-0.39, 0.29) is 5.82 Å². The molecule has 0 saturated heterocycles. The summed E-state index contributed by atoms with van der Waals surface area (Å²) in [5, 5.41) is 2.43. The second-order valence-electron chi connectivity index (χ2n) is 3.80. The number of nitrogens with one attached hydrogen (secondary N) is 1. The summed E-state index contributed by atoms with van der Waals surface area (Å²) in [5.74, 6) is -2.86. The first kappa shape index (κ1) is 12.2. The Labute approximate surface area is 101 Å². The second-order valence-corrected chi connectivity index (χ2v) is 3.80. The Kier molecular flexibility index (Phi) is 3.10. The van der Waals surface area contributed by atoms with Crippen LogP contribution < -0.4 is 11.1 Å². The van der Waals surface area contributed by atoms with E-state index in [4.69, 9.17) is 5.73 Å². The lowest BCUT2D eigenvalue weighted by Crippen LogP contribution is -2.02. The molecule has 3 nitrogen and oxygen atoms in total. The van der Waals surface area contributed by atoms with Crippen molar-refractivity contribution in [2.45, 2.75) is 6.92 Å². The van der Waals surface area contributed by atoms with Crippen LogP contribution in [0.1, 0.15) is 5.56 Å². The highest BCUT2D eigenvalue weighted by atomic mass is 19.1. The smallest absolute Gasteiger partial charge is 0.152 e. The second kappa shape index (κ2) is 4.56. The minimum Gasteiger partial charge on any atom is -0.398 e. The van der Waals surface area contributed by atoms with Crippen LogP contribution >= 0.6 is 0 Å². The molecule has 0 saturated carbocycles. The summed E-state index contributed by atoms with van der Waals surface area (Å²) in [6.45, 7) is 1.76. The molecule has 3 N–H and O–H groups in total. The number of anilines is 3. The normalized spacial score (nSPS) is 10.4. The Morgan fingerprint density at radius 3 is 2.28 bits per heavy atom. The zero-order chi connectivity index (χ0) is 13.3. The number of halogens is 3. The largest absolute Gasteiger partial charge is 0.398 e. The van der Waals surface area contributed by atoms with Crippen molar-refractivity contribution in [1.82, 2.24) is 4.98 Å². The zero-order valence-electron chi connectivity index (χ0n) is 9.47. The molecule has 6 heteroatoms. The van der Waals surface area contributed by atoms with Gasteiger partial charge in [0.25, 0.3) is 0 Å². The van der Waals surface area contributed by atoms with Gasteiger partial charge in [-0.3, -0.25) is 0 Å². The molecule has 94 valence electrons. The van der Waals surface area contributed by atoms with E-state index in [0.717, 1.165) is 5.56 Å². The van der Waals surface area contributed by atoms with Gasteiger partial charge in [-0.1, -0.05) is 0 Å². The third-order valence-corrected chi connectivity index (χ3v) is 2.40. The van der Waals surface area contributed by atoms with Gasteiger partial charge in [0, 0.05) is 30.1 Å². The maximum atomic E-state index is 13.4. The molecule has 0 amide bonds. The summed E-state index contributed by atoms with van der Waals surface area (Å²) in [7, 11) is 0. The number of nitrogen functional groups attached to an aromatic ring is 1. The Balaban J connectivity index is 2.37. The standard InChI is InChI=1S/C12H10F3N3/c1-6-5-17-11(4-10(6)16)18-12-8(14)2-7(13)3-9(12)15/h2-5H,1H3,(H3,16,17,18). The molecule has 1 heterocycles. The number of benzene rings is 1. The molecule has 0 radical (unpaired) electrons. The lowest BCUT2D eigenvalue weighted by Gasteiger charge is -2.09. The number of nitrogens with zero attached hydrogens (tertiary/aromatic N) is 1. The highest BCUT2D eigenvalue weighted by Crippen LogP contribution is 2.24. The summed E-state index contributed by atoms with van der Waals surface area (Å²) in [4.78, 5) is 3.92. The van der Waals surface area contributed by atoms with Gasteiger partial charge in [0.1, 0.15) is 17.3 Å². The molecular formula is C12H10F3N3. The summed E-state index contributed by atoms with van der Waals surface area (Å²) in [6, 6.07) is 2.61. The average Bonchev–Trinajstić information content (AvgIpc) is 2.28. The maximum Gasteiger partial charge on any atom is 0.152 e. The zero-order valence-corrected chi connectivity index (χ0v) is 9.47. The Morgan fingerprint density at radius 1 is 1.11 bits per heavy atom. The number of nitrogens with two attached hydrogens (primary N) is 1. The van der Waals surface area contributed by atoms with E-state index in [1.54, 1.807) is 6.92 Å². The number of pyridine rings is 1. The first-order valence-corrected chi connectivity index (χ1v) is 5.11. The van der Waals surface area contributed by atoms with Gasteiger partial charge in [-0.25, -0.2) is 18.2 Å². The van der Waals surface area contributed by atoms with Crippen LogP contribution in [0.2, 0.25) is 0 Å². The predicted octanol–water partition coefficient (Wildman–Crippen LogP) is 3.13. The quantitative estimate of drug-likeness (QED) is 0.864. The van der Waals surface area contributed by atoms with Crippen molar-refractivity contribution < 1.29 is 13.2 Å². The third kappa shape index (κ3) is 2.37. The fourth-order valence-corrected chi connectivity index (χ4v) is 1.40. The lowest BCUT2D eigenvalue weighted by atomic mass is 10.2. The minimum absolute atomic E-state index is 0.183. The molecule has 1 aromatic carbocycles. The molecule has 0 fully saturated rings. The summed E-state index contributed by atoms with van der Waals surface area (Å²) < 4.78 is 39.5. The van der Waals surface area contributed by atoms with Crippen LogP contribution in [0.3, 0.4) is 0 Å². The molecule has 2 aromatic rings. The van der Waals surface area contributed by atoms with Gasteiger partial charge in [0.2, 0.25) is 0 Å². The van der Waals surface area contributed by atoms with E-state index in [9.17, 15) is 13.2 Å². The van der Waals surface area contributed by atoms with Crippen LogP contribution in [-0.2, 0) is 0 Å². The van der Waals surface area contributed by atoms with Gasteiger partial charge in [0.15, 0.2) is 11.6 Å². The highest BCUT2D eigenvalue weighted by molar-refractivity contribution is 5.62. The number of hydrogen-bond donors (Lipinski definition) is 2. The molecule has 0 aliphatic heterocycles. The number of rotatable bonds is 2. The molecule has 18 heavy (non-hydrogen) atoms. The summed E-state index contributed by atoms with van der Waals surface area (Å²) in [5.41, 5.74) is 6.37. The van der Waals surface area contributed by atoms with Gasteiger partial charge in [-0.15, -0.1) is 0 Å². The van der Waals surface area contributed by atoms with Crippen molar-refractivity contribution in [3.63, 3.8) is 0 Å². The molecule has 0 unspecified atom stereocenters. The Hall–Kier alpha value is -2.24. The van der Waals surface area contributed by atoms with Gasteiger partial charge >= 0.3 is 0 Å². The predicted molar refractivity (Wildman–Crippen MR) is 63.0 cm³/mol. The van der Waals surface area contributed by atoms with Gasteiger partial charge in [-0.05, 0) is 12.5 Å². The monoisotopic (exact) mass is 253 g/mol. The molecule has 0 atom stereocenters. The SMILES string of the molecule is Cc1cnc(Nc2c(F)cc(F)cc2F)cc1N. The van der Waals surface area contributed by atoms with Crippen molar-refractivity contribution in [3.05, 3.63) is 47.4 Å². The number of aromatic nitrogens is 1. The van der Waals surface area contributed by atoms with E-state index >= 15 is 0 Å². The summed E-state index contributed by atoms with van der Waals surface area (Å²) >= 11 is 0. The van der Waals surface area contributed by atoms with E-state index in [1.807, 2.05) is 0 Å². The average molecular weight is 253 g/mol. The number of hydrogen-bond acceptors (Lipinski definition) is 3. The molecule has 0 bridgehead atoms. The first-order chi connectivity index (χ1) is 8.47. The molecule has 0 aliphatic rings. The van der Waals surface area contributed by atoms with Crippen LogP contribution in [0.5, 0.6) is 0 Å². The minimum atomic E-state index is -1.03. The van der Waals surface area contributed by atoms with Crippen LogP contribution in [0, 0.1) is 24.4 Å². The van der Waals surface area contributed by atoms with Crippen LogP contribution in [-0.4, -0.2) is 4.98 Å². The van der Waals surface area contributed by atoms with Crippen LogP contribution in [0.25, 0.3) is 0 Å². The lowest BCUT2D eigenvalue weighted by molar-refractivity contribution is 0.549. The maximum absolute atomic E-state index is 13.4. The topological polar surface area (TPSA) is 50.9 Å². The molecule has 2 rings (SSSR count). The fraction of sp³-hybridized carbons (Fsp3) is 0.0833. The first-order valence-electron chi connectivity index (χ1n) is 5.11. The third-order valence-electron chi connectivity index (χ3n) is 2.40. The molecule has 0 spiro atoms. The fourth-order valence-electron chi connectivity index (χ4n) is 1.40. The Bertz CT molecular complexity index is 576. The molecule has 1 aromatic heterocycles. The van der Waals surface area contributed by atoms with Crippen molar-refractivity contribution in [2.75, 3.05) is 11.1 Å². The van der Waals surface area contributed by atoms with Gasteiger partial charge in [-0.2, -0.15) is 0 Å².